The molecule has 0 spiro atoms. The third-order valence-corrected chi connectivity index (χ3v) is 3.46. The van der Waals surface area contributed by atoms with Gasteiger partial charge in [-0.2, -0.15) is 0 Å². The van der Waals surface area contributed by atoms with Gasteiger partial charge in [-0.1, -0.05) is 6.92 Å². The monoisotopic (exact) mass is 416 g/mol. The van der Waals surface area contributed by atoms with Gasteiger partial charge in [-0.05, 0) is 41.4 Å². The lowest BCUT2D eigenvalue weighted by molar-refractivity contribution is -0.123. The smallest absolute Gasteiger partial charge is 0.338 e. The number of imide groups is 1. The molecule has 2 N–H and O–H groups in total. The van der Waals surface area contributed by atoms with Gasteiger partial charge in [0.15, 0.2) is 18.1 Å². The molecule has 0 unspecified atom stereocenters. The van der Waals surface area contributed by atoms with E-state index in [9.17, 15) is 14.4 Å². The molecule has 0 saturated heterocycles. The highest BCUT2D eigenvalue weighted by molar-refractivity contribution is 9.10. The number of esters is 1. The van der Waals surface area contributed by atoms with Crippen LogP contribution in [0.5, 0.6) is 11.5 Å². The molecular weight excluding hydrogens is 396 g/mol. The summed E-state index contributed by atoms with van der Waals surface area (Å²) in [5, 5.41) is 4.54. The third kappa shape index (κ3) is 6.61. The second-order valence-corrected chi connectivity index (χ2v) is 5.66. The molecule has 0 aromatic heterocycles. The molecule has 25 heavy (non-hydrogen) atoms. The summed E-state index contributed by atoms with van der Waals surface area (Å²) in [5.74, 6) is -0.633. The summed E-state index contributed by atoms with van der Waals surface area (Å²) >= 11 is 3.29. The van der Waals surface area contributed by atoms with Crippen LogP contribution in [0.15, 0.2) is 16.6 Å². The molecule has 0 heterocycles. The zero-order valence-electron chi connectivity index (χ0n) is 14.3. The molecule has 0 atom stereocenters. The average molecular weight is 417 g/mol. The van der Waals surface area contributed by atoms with Crippen molar-refractivity contribution in [3.8, 4) is 11.5 Å². The molecule has 0 radical (unpaired) electrons. The fraction of sp³-hybridized carbons (Fsp3) is 0.438. The van der Waals surface area contributed by atoms with E-state index in [-0.39, 0.29) is 5.56 Å². The number of urea groups is 1. The Morgan fingerprint density at radius 3 is 2.52 bits per heavy atom. The zero-order valence-corrected chi connectivity index (χ0v) is 15.9. The van der Waals surface area contributed by atoms with Gasteiger partial charge in [0.2, 0.25) is 0 Å². The third-order valence-electron chi connectivity index (χ3n) is 2.87. The van der Waals surface area contributed by atoms with E-state index in [0.29, 0.717) is 29.1 Å². The van der Waals surface area contributed by atoms with Crippen LogP contribution in [0.2, 0.25) is 0 Å². The van der Waals surface area contributed by atoms with Gasteiger partial charge in [0.05, 0.1) is 23.8 Å². The predicted molar refractivity (Wildman–Crippen MR) is 94.0 cm³/mol. The van der Waals surface area contributed by atoms with Crippen molar-refractivity contribution in [2.24, 2.45) is 0 Å². The second-order valence-electron chi connectivity index (χ2n) is 4.80. The summed E-state index contributed by atoms with van der Waals surface area (Å²) in [5.41, 5.74) is 0.180. The lowest BCUT2D eigenvalue weighted by Gasteiger charge is -2.13. The van der Waals surface area contributed by atoms with Gasteiger partial charge in [-0.25, -0.2) is 9.59 Å². The van der Waals surface area contributed by atoms with E-state index in [0.717, 1.165) is 6.42 Å². The number of benzene rings is 1. The molecule has 0 aliphatic carbocycles. The van der Waals surface area contributed by atoms with E-state index >= 15 is 0 Å². The SMILES string of the molecule is CCCNC(=O)NC(=O)COC(=O)c1cc(Br)c(OC)c(OCC)c1. The quantitative estimate of drug-likeness (QED) is 0.629. The number of rotatable bonds is 8. The van der Waals surface area contributed by atoms with E-state index in [2.05, 4.69) is 26.6 Å². The molecule has 1 rings (SSSR count). The number of carbonyl (C=O) groups excluding carboxylic acids is 3. The summed E-state index contributed by atoms with van der Waals surface area (Å²) in [4.78, 5) is 35.0. The molecule has 0 bridgehead atoms. The van der Waals surface area contributed by atoms with Crippen molar-refractivity contribution in [1.29, 1.82) is 0 Å². The number of nitrogens with one attached hydrogen (secondary N) is 2. The van der Waals surface area contributed by atoms with Gasteiger partial charge in [0.25, 0.3) is 5.91 Å². The Morgan fingerprint density at radius 2 is 1.92 bits per heavy atom. The van der Waals surface area contributed by atoms with Gasteiger partial charge in [0, 0.05) is 6.54 Å². The van der Waals surface area contributed by atoms with E-state index in [1.165, 1.54) is 19.2 Å². The molecule has 0 aliphatic rings. The van der Waals surface area contributed by atoms with Gasteiger partial charge in [-0.15, -0.1) is 0 Å². The lowest BCUT2D eigenvalue weighted by atomic mass is 10.2. The van der Waals surface area contributed by atoms with Gasteiger partial charge < -0.3 is 19.5 Å². The second kappa shape index (κ2) is 10.5. The minimum Gasteiger partial charge on any atom is -0.492 e. The van der Waals surface area contributed by atoms with Crippen molar-refractivity contribution in [1.82, 2.24) is 10.6 Å². The number of hydrogen-bond acceptors (Lipinski definition) is 6. The molecule has 1 aromatic carbocycles. The Hall–Kier alpha value is -2.29. The Labute approximate surface area is 154 Å². The van der Waals surface area contributed by atoms with E-state index < -0.39 is 24.5 Å². The maximum absolute atomic E-state index is 12.1. The molecule has 0 aliphatic heterocycles. The van der Waals surface area contributed by atoms with Crippen LogP contribution in [0.1, 0.15) is 30.6 Å². The van der Waals surface area contributed by atoms with E-state index in [4.69, 9.17) is 14.2 Å². The Morgan fingerprint density at radius 1 is 1.20 bits per heavy atom. The average Bonchev–Trinajstić information content (AvgIpc) is 2.57. The fourth-order valence-corrected chi connectivity index (χ4v) is 2.41. The maximum Gasteiger partial charge on any atom is 0.338 e. The van der Waals surface area contributed by atoms with Gasteiger partial charge in [-0.3, -0.25) is 10.1 Å². The fourth-order valence-electron chi connectivity index (χ4n) is 1.81. The minimum atomic E-state index is -0.728. The summed E-state index contributed by atoms with van der Waals surface area (Å²) < 4.78 is 16.0. The normalized spacial score (nSPS) is 9.92. The van der Waals surface area contributed by atoms with Crippen LogP contribution in [0, 0.1) is 0 Å². The van der Waals surface area contributed by atoms with Crippen molar-refractivity contribution in [2.45, 2.75) is 20.3 Å². The van der Waals surface area contributed by atoms with Crippen LogP contribution in [0.4, 0.5) is 4.79 Å². The first-order chi connectivity index (χ1) is 11.9. The van der Waals surface area contributed by atoms with Crippen molar-refractivity contribution in [3.63, 3.8) is 0 Å². The largest absolute Gasteiger partial charge is 0.492 e. The molecule has 0 saturated carbocycles. The molecule has 1 aromatic rings. The highest BCUT2D eigenvalue weighted by Crippen LogP contribution is 2.36. The first-order valence-electron chi connectivity index (χ1n) is 7.68. The topological polar surface area (TPSA) is 103 Å². The van der Waals surface area contributed by atoms with Crippen LogP contribution in [-0.4, -0.2) is 44.8 Å². The zero-order chi connectivity index (χ0) is 18.8. The van der Waals surface area contributed by atoms with Crippen molar-refractivity contribution in [3.05, 3.63) is 22.2 Å². The van der Waals surface area contributed by atoms with E-state index in [1.54, 1.807) is 6.92 Å². The van der Waals surface area contributed by atoms with Crippen molar-refractivity contribution < 1.29 is 28.6 Å². The van der Waals surface area contributed by atoms with Crippen molar-refractivity contribution in [2.75, 3.05) is 26.9 Å². The van der Waals surface area contributed by atoms with E-state index in [1.807, 2.05) is 6.92 Å². The lowest BCUT2D eigenvalue weighted by Crippen LogP contribution is -2.41. The van der Waals surface area contributed by atoms with Crippen LogP contribution in [-0.2, 0) is 9.53 Å². The Balaban J connectivity index is 2.68. The Bertz CT molecular complexity index is 635. The Kier molecular flexibility index (Phi) is 8.76. The summed E-state index contributed by atoms with van der Waals surface area (Å²) in [6.07, 6.45) is 0.741. The number of hydrogen-bond donors (Lipinski definition) is 2. The van der Waals surface area contributed by atoms with Gasteiger partial charge in [0.1, 0.15) is 0 Å². The molecule has 3 amide bonds. The standard InChI is InChI=1S/C16H21BrN2O6/c1-4-6-18-16(22)19-13(20)9-25-15(21)10-7-11(17)14(23-3)12(8-10)24-5-2/h7-8H,4-6,9H2,1-3H3,(H2,18,19,20,22). The molecule has 9 heteroatoms. The molecule has 8 nitrogen and oxygen atoms in total. The number of ether oxygens (including phenoxy) is 3. The summed E-state index contributed by atoms with van der Waals surface area (Å²) in [6.45, 7) is 3.93. The van der Waals surface area contributed by atoms with Gasteiger partial charge >= 0.3 is 12.0 Å². The predicted octanol–water partition coefficient (Wildman–Crippen LogP) is 2.25. The van der Waals surface area contributed by atoms with Crippen LogP contribution in [0.3, 0.4) is 0 Å². The highest BCUT2D eigenvalue weighted by Gasteiger charge is 2.17. The van der Waals surface area contributed by atoms with Crippen molar-refractivity contribution >= 4 is 33.8 Å². The molecule has 138 valence electrons. The number of halogens is 1. The number of amides is 3. The molecule has 0 fully saturated rings. The van der Waals surface area contributed by atoms with Crippen LogP contribution >= 0.6 is 15.9 Å². The number of methoxy groups -OCH3 is 1. The first-order valence-corrected chi connectivity index (χ1v) is 8.47. The minimum absolute atomic E-state index is 0.180. The first kappa shape index (κ1) is 20.8. The maximum atomic E-state index is 12.1. The highest BCUT2D eigenvalue weighted by atomic mass is 79.9. The van der Waals surface area contributed by atoms with Crippen LogP contribution < -0.4 is 20.1 Å². The molecular formula is C16H21BrN2O6. The summed E-state index contributed by atoms with van der Waals surface area (Å²) in [6, 6.07) is 2.32. The number of carbonyl (C=O) groups is 3. The summed E-state index contributed by atoms with van der Waals surface area (Å²) in [7, 11) is 1.48. The van der Waals surface area contributed by atoms with Crippen LogP contribution in [0.25, 0.3) is 0 Å².